The van der Waals surface area contributed by atoms with Gasteiger partial charge in [-0.1, -0.05) is 27.2 Å². The van der Waals surface area contributed by atoms with Gasteiger partial charge in [0.05, 0.1) is 6.42 Å². The fraction of sp³-hybridized carbons (Fsp3) is 0.846. The van der Waals surface area contributed by atoms with Crippen molar-refractivity contribution in [2.45, 2.75) is 58.0 Å². The molecule has 4 atom stereocenters. The van der Waals surface area contributed by atoms with Crippen LogP contribution in [0.1, 0.15) is 33.6 Å². The summed E-state index contributed by atoms with van der Waals surface area (Å²) in [7, 11) is 0. The molecule has 0 aromatic heterocycles. The summed E-state index contributed by atoms with van der Waals surface area (Å²) in [5.41, 5.74) is -0.197. The van der Waals surface area contributed by atoms with Crippen LogP contribution in [-0.4, -0.2) is 58.3 Å². The Balaban J connectivity index is 2.42. The van der Waals surface area contributed by atoms with Crippen LogP contribution in [-0.2, 0) is 19.1 Å². The Kier molecular flexibility index (Phi) is 5.50. The van der Waals surface area contributed by atoms with Crippen LogP contribution in [0, 0.1) is 5.41 Å². The molecule has 0 aromatic rings. The van der Waals surface area contributed by atoms with Gasteiger partial charge in [-0.15, -0.1) is 0 Å². The number of hydrogen-bond acceptors (Lipinski definition) is 7. The number of rotatable bonds is 6. The predicted octanol–water partition coefficient (Wildman–Crippen LogP) is -0.636. The fourth-order valence-corrected chi connectivity index (χ4v) is 1.74. The van der Waals surface area contributed by atoms with E-state index in [4.69, 9.17) is 4.74 Å². The van der Waals surface area contributed by atoms with E-state index < -0.39 is 43.0 Å². The summed E-state index contributed by atoms with van der Waals surface area (Å²) >= 11 is 0. The smallest absolute Gasteiger partial charge is 0.338 e. The zero-order valence-corrected chi connectivity index (χ0v) is 11.9. The summed E-state index contributed by atoms with van der Waals surface area (Å²) in [5, 5.41) is 28.4. The Labute approximate surface area is 117 Å². The zero-order chi connectivity index (χ0) is 15.5. The van der Waals surface area contributed by atoms with E-state index in [1.807, 2.05) is 20.8 Å². The number of aliphatic hydroxyl groups excluding tert-OH is 3. The maximum absolute atomic E-state index is 11.6. The highest BCUT2D eigenvalue weighted by Gasteiger charge is 2.46. The van der Waals surface area contributed by atoms with E-state index in [1.54, 1.807) is 0 Å². The Hall–Kier alpha value is -1.18. The third-order valence-electron chi connectivity index (χ3n) is 3.53. The molecule has 0 bridgehead atoms. The van der Waals surface area contributed by atoms with Crippen molar-refractivity contribution in [3.05, 3.63) is 0 Å². The van der Waals surface area contributed by atoms with Crippen LogP contribution < -0.4 is 0 Å². The number of aliphatic hydroxyl groups is 3. The second-order valence-electron chi connectivity index (χ2n) is 5.78. The molecule has 7 heteroatoms. The highest BCUT2D eigenvalue weighted by molar-refractivity contribution is 5.77. The molecule has 0 amide bonds. The quantitative estimate of drug-likeness (QED) is 0.558. The standard InChI is InChI=1S/C13H22O7/c1-4-13(2,3)5-8(15)19-6-7(14)11-9(16)10(17)12(18)20-11/h7,9-11,14,16-17H,4-6H2,1-3H3. The van der Waals surface area contributed by atoms with Crippen molar-refractivity contribution in [2.75, 3.05) is 6.61 Å². The molecule has 1 fully saturated rings. The van der Waals surface area contributed by atoms with E-state index in [2.05, 4.69) is 4.74 Å². The first kappa shape index (κ1) is 16.9. The van der Waals surface area contributed by atoms with Crippen molar-refractivity contribution in [1.29, 1.82) is 0 Å². The van der Waals surface area contributed by atoms with Crippen LogP contribution >= 0.6 is 0 Å². The molecule has 1 aliphatic rings. The lowest BCUT2D eigenvalue weighted by Gasteiger charge is -2.23. The minimum absolute atomic E-state index is 0.197. The lowest BCUT2D eigenvalue weighted by atomic mass is 9.87. The number of cyclic esters (lactones) is 1. The zero-order valence-electron chi connectivity index (χ0n) is 11.9. The molecule has 7 nitrogen and oxygen atoms in total. The molecule has 3 N–H and O–H groups in total. The normalized spacial score (nSPS) is 28.1. The molecule has 4 unspecified atom stereocenters. The third kappa shape index (κ3) is 4.16. The maximum Gasteiger partial charge on any atom is 0.338 e. The lowest BCUT2D eigenvalue weighted by Crippen LogP contribution is -2.41. The first-order valence-corrected chi connectivity index (χ1v) is 6.58. The topological polar surface area (TPSA) is 113 Å². The van der Waals surface area contributed by atoms with Gasteiger partial charge in [0.25, 0.3) is 0 Å². The first-order chi connectivity index (χ1) is 9.18. The Morgan fingerprint density at radius 2 is 2.05 bits per heavy atom. The van der Waals surface area contributed by atoms with Crippen molar-refractivity contribution < 1.29 is 34.4 Å². The second kappa shape index (κ2) is 6.51. The van der Waals surface area contributed by atoms with Gasteiger partial charge >= 0.3 is 11.9 Å². The molecule has 0 saturated carbocycles. The molecule has 0 radical (unpaired) electrons. The van der Waals surface area contributed by atoms with Crippen molar-refractivity contribution in [1.82, 2.24) is 0 Å². The molecule has 0 spiro atoms. The van der Waals surface area contributed by atoms with E-state index >= 15 is 0 Å². The van der Waals surface area contributed by atoms with Gasteiger partial charge in [0.15, 0.2) is 12.2 Å². The van der Waals surface area contributed by atoms with Crippen LogP contribution in [0.2, 0.25) is 0 Å². The van der Waals surface area contributed by atoms with Crippen LogP contribution in [0.4, 0.5) is 0 Å². The number of carbonyl (C=O) groups is 2. The van der Waals surface area contributed by atoms with Crippen molar-refractivity contribution in [3.8, 4) is 0 Å². The van der Waals surface area contributed by atoms with Gasteiger partial charge < -0.3 is 24.8 Å². The van der Waals surface area contributed by atoms with E-state index in [0.29, 0.717) is 0 Å². The molecule has 1 aliphatic heterocycles. The van der Waals surface area contributed by atoms with Gasteiger partial charge in [0, 0.05) is 0 Å². The summed E-state index contributed by atoms with van der Waals surface area (Å²) in [4.78, 5) is 22.6. The molecular weight excluding hydrogens is 268 g/mol. The van der Waals surface area contributed by atoms with E-state index in [9.17, 15) is 24.9 Å². The Bertz CT molecular complexity index is 366. The largest absolute Gasteiger partial charge is 0.463 e. The highest BCUT2D eigenvalue weighted by atomic mass is 16.6. The van der Waals surface area contributed by atoms with Crippen molar-refractivity contribution >= 4 is 11.9 Å². The van der Waals surface area contributed by atoms with Gasteiger partial charge in [-0.25, -0.2) is 4.79 Å². The van der Waals surface area contributed by atoms with Gasteiger partial charge in [-0.2, -0.15) is 0 Å². The summed E-state index contributed by atoms with van der Waals surface area (Å²) in [6, 6.07) is 0. The monoisotopic (exact) mass is 290 g/mol. The average molecular weight is 290 g/mol. The number of carbonyl (C=O) groups excluding carboxylic acids is 2. The number of hydrogen-bond donors (Lipinski definition) is 3. The second-order valence-corrected chi connectivity index (χ2v) is 5.78. The van der Waals surface area contributed by atoms with Crippen LogP contribution in [0.5, 0.6) is 0 Å². The average Bonchev–Trinajstić information content (AvgIpc) is 2.63. The Morgan fingerprint density at radius 1 is 1.45 bits per heavy atom. The van der Waals surface area contributed by atoms with E-state index in [-0.39, 0.29) is 11.8 Å². The van der Waals surface area contributed by atoms with E-state index in [0.717, 1.165) is 6.42 Å². The molecule has 1 rings (SSSR count). The molecule has 0 aliphatic carbocycles. The predicted molar refractivity (Wildman–Crippen MR) is 67.5 cm³/mol. The number of ether oxygens (including phenoxy) is 2. The van der Waals surface area contributed by atoms with Crippen LogP contribution in [0.3, 0.4) is 0 Å². The first-order valence-electron chi connectivity index (χ1n) is 6.58. The number of esters is 2. The molecule has 20 heavy (non-hydrogen) atoms. The van der Waals surface area contributed by atoms with Crippen LogP contribution in [0.25, 0.3) is 0 Å². The summed E-state index contributed by atoms with van der Waals surface area (Å²) < 4.78 is 9.52. The third-order valence-corrected chi connectivity index (χ3v) is 3.53. The maximum atomic E-state index is 11.6. The van der Waals surface area contributed by atoms with Crippen LogP contribution in [0.15, 0.2) is 0 Å². The van der Waals surface area contributed by atoms with Gasteiger partial charge in [0.1, 0.15) is 18.8 Å². The SMILES string of the molecule is CCC(C)(C)CC(=O)OCC(O)C1OC(=O)C(O)C1O. The summed E-state index contributed by atoms with van der Waals surface area (Å²) in [5.74, 6) is -1.48. The van der Waals surface area contributed by atoms with Gasteiger partial charge in [0.2, 0.25) is 0 Å². The van der Waals surface area contributed by atoms with Crippen molar-refractivity contribution in [2.24, 2.45) is 5.41 Å². The van der Waals surface area contributed by atoms with E-state index in [1.165, 1.54) is 0 Å². The lowest BCUT2D eigenvalue weighted by molar-refractivity contribution is -0.157. The molecule has 1 saturated heterocycles. The minimum Gasteiger partial charge on any atom is -0.463 e. The Morgan fingerprint density at radius 3 is 2.50 bits per heavy atom. The summed E-state index contributed by atoms with van der Waals surface area (Å²) in [6.07, 6.45) is -4.86. The molecule has 1 heterocycles. The van der Waals surface area contributed by atoms with Gasteiger partial charge in [-0.3, -0.25) is 4.79 Å². The molecule has 116 valence electrons. The summed E-state index contributed by atoms with van der Waals surface area (Å²) in [6.45, 7) is 5.39. The highest BCUT2D eigenvalue weighted by Crippen LogP contribution is 2.25. The molecule has 0 aromatic carbocycles. The van der Waals surface area contributed by atoms with Gasteiger partial charge in [-0.05, 0) is 5.41 Å². The fourth-order valence-electron chi connectivity index (χ4n) is 1.74. The van der Waals surface area contributed by atoms with Crippen molar-refractivity contribution in [3.63, 3.8) is 0 Å². The molecular formula is C13H22O7. The minimum atomic E-state index is -1.68.